The van der Waals surface area contributed by atoms with Crippen LogP contribution in [0.15, 0.2) is 22.7 Å². The summed E-state index contributed by atoms with van der Waals surface area (Å²) in [5.41, 5.74) is 0.402. The molecule has 4 nitrogen and oxygen atoms in total. The number of benzene rings is 1. The molecule has 0 aromatic heterocycles. The van der Waals surface area contributed by atoms with Gasteiger partial charge < -0.3 is 5.32 Å². The Labute approximate surface area is 119 Å². The average Bonchev–Trinajstić information content (AvgIpc) is 2.37. The van der Waals surface area contributed by atoms with Crippen LogP contribution >= 0.6 is 15.9 Å². The fraction of sp³-hybridized carbons (Fsp3) is 0.385. The molecule has 19 heavy (non-hydrogen) atoms. The van der Waals surface area contributed by atoms with E-state index < -0.39 is 17.9 Å². The molecular formula is C13H14BrFN2O2. The number of hydrogen-bond acceptors (Lipinski definition) is 2. The van der Waals surface area contributed by atoms with E-state index in [-0.39, 0.29) is 11.8 Å². The van der Waals surface area contributed by atoms with Gasteiger partial charge in [0.1, 0.15) is 17.9 Å². The lowest BCUT2D eigenvalue weighted by atomic mass is 10.0. The van der Waals surface area contributed by atoms with Crippen molar-refractivity contribution in [2.45, 2.75) is 32.4 Å². The van der Waals surface area contributed by atoms with Crippen LogP contribution < -0.4 is 10.2 Å². The minimum absolute atomic E-state index is 0.210. The number of anilines is 1. The SMILES string of the molecule is CCC1C(=O)NC(C)C(=O)N1c1ccc(Br)c(F)c1. The van der Waals surface area contributed by atoms with E-state index in [0.717, 1.165) is 0 Å². The zero-order valence-corrected chi connectivity index (χ0v) is 12.2. The number of piperazine rings is 1. The highest BCUT2D eigenvalue weighted by atomic mass is 79.9. The summed E-state index contributed by atoms with van der Waals surface area (Å²) in [4.78, 5) is 25.5. The molecule has 6 heteroatoms. The second-order valence-corrected chi connectivity index (χ2v) is 5.32. The van der Waals surface area contributed by atoms with Crippen molar-refractivity contribution in [3.05, 3.63) is 28.5 Å². The predicted octanol–water partition coefficient (Wildman–Crippen LogP) is 2.22. The Morgan fingerprint density at radius 3 is 2.68 bits per heavy atom. The van der Waals surface area contributed by atoms with Crippen LogP contribution in [0.2, 0.25) is 0 Å². The smallest absolute Gasteiger partial charge is 0.250 e. The van der Waals surface area contributed by atoms with Crippen LogP contribution in [-0.4, -0.2) is 23.9 Å². The molecule has 1 aliphatic heterocycles. The number of carbonyl (C=O) groups excluding carboxylic acids is 2. The number of hydrogen-bond donors (Lipinski definition) is 1. The summed E-state index contributed by atoms with van der Waals surface area (Å²) < 4.78 is 13.9. The first-order valence-electron chi connectivity index (χ1n) is 6.04. The molecule has 1 saturated heterocycles. The molecule has 102 valence electrons. The quantitative estimate of drug-likeness (QED) is 0.904. The Balaban J connectivity index is 2.45. The third-order valence-electron chi connectivity index (χ3n) is 3.15. The highest BCUT2D eigenvalue weighted by Crippen LogP contribution is 2.27. The van der Waals surface area contributed by atoms with Crippen LogP contribution in [0.1, 0.15) is 20.3 Å². The summed E-state index contributed by atoms with van der Waals surface area (Å²) in [6.45, 7) is 3.43. The summed E-state index contributed by atoms with van der Waals surface area (Å²) in [5.74, 6) is -0.898. The minimum atomic E-state index is -0.595. The number of nitrogens with one attached hydrogen (secondary N) is 1. The Kier molecular flexibility index (Phi) is 3.89. The molecule has 1 fully saturated rings. The number of carbonyl (C=O) groups is 2. The van der Waals surface area contributed by atoms with Crippen molar-refractivity contribution >= 4 is 33.4 Å². The maximum Gasteiger partial charge on any atom is 0.250 e. The molecule has 1 N–H and O–H groups in total. The molecule has 2 atom stereocenters. The van der Waals surface area contributed by atoms with Gasteiger partial charge in [-0.2, -0.15) is 0 Å². The fourth-order valence-electron chi connectivity index (χ4n) is 2.16. The first-order chi connectivity index (χ1) is 8.95. The van der Waals surface area contributed by atoms with E-state index in [1.807, 2.05) is 6.92 Å². The van der Waals surface area contributed by atoms with Crippen LogP contribution in [0, 0.1) is 5.82 Å². The highest BCUT2D eigenvalue weighted by Gasteiger charge is 2.38. The lowest BCUT2D eigenvalue weighted by Gasteiger charge is -2.37. The zero-order chi connectivity index (χ0) is 14.2. The summed E-state index contributed by atoms with van der Waals surface area (Å²) in [6, 6.07) is 3.22. The minimum Gasteiger partial charge on any atom is -0.343 e. The van der Waals surface area contributed by atoms with Crippen molar-refractivity contribution in [3.63, 3.8) is 0 Å². The summed E-state index contributed by atoms with van der Waals surface area (Å²) >= 11 is 3.07. The van der Waals surface area contributed by atoms with Crippen molar-refractivity contribution < 1.29 is 14.0 Å². The predicted molar refractivity (Wildman–Crippen MR) is 73.3 cm³/mol. The Bertz CT molecular complexity index is 535. The first-order valence-corrected chi connectivity index (χ1v) is 6.83. The van der Waals surface area contributed by atoms with Gasteiger partial charge in [-0.05, 0) is 47.5 Å². The molecule has 0 bridgehead atoms. The highest BCUT2D eigenvalue weighted by molar-refractivity contribution is 9.10. The molecule has 0 aliphatic carbocycles. The second kappa shape index (κ2) is 5.28. The maximum atomic E-state index is 13.6. The molecule has 1 heterocycles. The third kappa shape index (κ3) is 2.49. The van der Waals surface area contributed by atoms with E-state index >= 15 is 0 Å². The van der Waals surface area contributed by atoms with E-state index in [9.17, 15) is 14.0 Å². The van der Waals surface area contributed by atoms with Crippen LogP contribution in [0.3, 0.4) is 0 Å². The van der Waals surface area contributed by atoms with Crippen LogP contribution in [0.5, 0.6) is 0 Å². The summed E-state index contributed by atoms with van der Waals surface area (Å²) in [5, 5.41) is 2.62. The Morgan fingerprint density at radius 1 is 1.42 bits per heavy atom. The molecular weight excluding hydrogens is 315 g/mol. The fourth-order valence-corrected chi connectivity index (χ4v) is 2.41. The van der Waals surface area contributed by atoms with Gasteiger partial charge in [-0.1, -0.05) is 6.92 Å². The van der Waals surface area contributed by atoms with Crippen molar-refractivity contribution in [1.82, 2.24) is 5.32 Å². The molecule has 0 spiro atoms. The normalized spacial score (nSPS) is 23.5. The van der Waals surface area contributed by atoms with E-state index in [4.69, 9.17) is 0 Å². The Morgan fingerprint density at radius 2 is 2.11 bits per heavy atom. The molecule has 1 aromatic rings. The van der Waals surface area contributed by atoms with E-state index in [2.05, 4.69) is 21.2 Å². The van der Waals surface area contributed by atoms with E-state index in [1.165, 1.54) is 17.0 Å². The lowest BCUT2D eigenvalue weighted by molar-refractivity contribution is -0.133. The van der Waals surface area contributed by atoms with Crippen LogP contribution in [-0.2, 0) is 9.59 Å². The standard InChI is InChI=1S/C13H14BrFN2O2/c1-3-11-12(18)16-7(2)13(19)17(11)8-4-5-9(14)10(15)6-8/h4-7,11H,3H2,1-2H3,(H,16,18). The van der Waals surface area contributed by atoms with Crippen molar-refractivity contribution in [1.29, 1.82) is 0 Å². The number of halogens is 2. The third-order valence-corrected chi connectivity index (χ3v) is 3.79. The van der Waals surface area contributed by atoms with Gasteiger partial charge in [0, 0.05) is 5.69 Å². The van der Waals surface area contributed by atoms with Crippen LogP contribution in [0.25, 0.3) is 0 Å². The van der Waals surface area contributed by atoms with Gasteiger partial charge in [0.25, 0.3) is 0 Å². The van der Waals surface area contributed by atoms with Crippen LogP contribution in [0.4, 0.5) is 10.1 Å². The molecule has 2 rings (SSSR count). The molecule has 2 amide bonds. The van der Waals surface area contributed by atoms with Gasteiger partial charge in [0.05, 0.1) is 4.47 Å². The van der Waals surface area contributed by atoms with Crippen molar-refractivity contribution in [3.8, 4) is 0 Å². The second-order valence-electron chi connectivity index (χ2n) is 4.46. The molecule has 0 saturated carbocycles. The van der Waals surface area contributed by atoms with Gasteiger partial charge in [-0.25, -0.2) is 4.39 Å². The maximum absolute atomic E-state index is 13.6. The lowest BCUT2D eigenvalue weighted by Crippen LogP contribution is -2.62. The largest absolute Gasteiger partial charge is 0.343 e. The zero-order valence-electron chi connectivity index (χ0n) is 10.6. The van der Waals surface area contributed by atoms with Crippen molar-refractivity contribution in [2.24, 2.45) is 0 Å². The number of amides is 2. The van der Waals surface area contributed by atoms with E-state index in [0.29, 0.717) is 16.6 Å². The van der Waals surface area contributed by atoms with Gasteiger partial charge >= 0.3 is 0 Å². The summed E-state index contributed by atoms with van der Waals surface area (Å²) in [7, 11) is 0. The number of nitrogens with zero attached hydrogens (tertiary/aromatic N) is 1. The summed E-state index contributed by atoms with van der Waals surface area (Å²) in [6.07, 6.45) is 0.474. The molecule has 1 aromatic carbocycles. The monoisotopic (exact) mass is 328 g/mol. The average molecular weight is 329 g/mol. The van der Waals surface area contributed by atoms with Crippen molar-refractivity contribution in [2.75, 3.05) is 4.90 Å². The molecule has 2 unspecified atom stereocenters. The Hall–Kier alpha value is -1.43. The van der Waals surface area contributed by atoms with Gasteiger partial charge in [0.2, 0.25) is 11.8 Å². The topological polar surface area (TPSA) is 49.4 Å². The van der Waals surface area contributed by atoms with Gasteiger partial charge in [-0.15, -0.1) is 0 Å². The first kappa shape index (κ1) is 14.0. The molecule has 1 aliphatic rings. The molecule has 0 radical (unpaired) electrons. The number of rotatable bonds is 2. The van der Waals surface area contributed by atoms with Gasteiger partial charge in [0.15, 0.2) is 0 Å². The van der Waals surface area contributed by atoms with Gasteiger partial charge in [-0.3, -0.25) is 14.5 Å². The van der Waals surface area contributed by atoms with E-state index in [1.54, 1.807) is 13.0 Å².